The monoisotopic (exact) mass is 336 g/mol. The smallest absolute Gasteiger partial charge is 0.134 e. The first-order chi connectivity index (χ1) is 9.36. The summed E-state index contributed by atoms with van der Waals surface area (Å²) in [5, 5.41) is 0. The predicted molar refractivity (Wildman–Crippen MR) is 83.6 cm³/mol. The SMILES string of the molecule is CC(C)(C)c1ccc(COc2ccc(F)cc2Br)cc1. The summed E-state index contributed by atoms with van der Waals surface area (Å²) >= 11 is 3.29. The zero-order valence-corrected chi connectivity index (χ0v) is 13.5. The van der Waals surface area contributed by atoms with Crippen LogP contribution in [0.3, 0.4) is 0 Å². The van der Waals surface area contributed by atoms with Gasteiger partial charge in [0.15, 0.2) is 0 Å². The fourth-order valence-corrected chi connectivity index (χ4v) is 2.32. The van der Waals surface area contributed by atoms with Crippen molar-refractivity contribution >= 4 is 15.9 Å². The molecule has 0 unspecified atom stereocenters. The molecule has 0 atom stereocenters. The van der Waals surface area contributed by atoms with Crippen molar-refractivity contribution < 1.29 is 9.13 Å². The second kappa shape index (κ2) is 5.96. The molecule has 0 heterocycles. The molecule has 3 heteroatoms. The van der Waals surface area contributed by atoms with Gasteiger partial charge in [-0.05, 0) is 50.7 Å². The Morgan fingerprint density at radius 2 is 1.70 bits per heavy atom. The summed E-state index contributed by atoms with van der Waals surface area (Å²) in [4.78, 5) is 0. The van der Waals surface area contributed by atoms with Gasteiger partial charge in [-0.25, -0.2) is 4.39 Å². The van der Waals surface area contributed by atoms with Crippen LogP contribution in [0.25, 0.3) is 0 Å². The molecule has 2 aromatic rings. The van der Waals surface area contributed by atoms with Gasteiger partial charge in [0.2, 0.25) is 0 Å². The highest BCUT2D eigenvalue weighted by Gasteiger charge is 2.12. The van der Waals surface area contributed by atoms with E-state index in [0.29, 0.717) is 16.8 Å². The van der Waals surface area contributed by atoms with Gasteiger partial charge >= 0.3 is 0 Å². The number of ether oxygens (including phenoxy) is 1. The van der Waals surface area contributed by atoms with Gasteiger partial charge in [0.25, 0.3) is 0 Å². The Morgan fingerprint density at radius 3 is 2.25 bits per heavy atom. The van der Waals surface area contributed by atoms with E-state index in [2.05, 4.69) is 61.0 Å². The van der Waals surface area contributed by atoms with Gasteiger partial charge in [-0.15, -0.1) is 0 Å². The van der Waals surface area contributed by atoms with Crippen molar-refractivity contribution in [2.75, 3.05) is 0 Å². The molecule has 0 fully saturated rings. The minimum atomic E-state index is -0.279. The Labute approximate surface area is 127 Å². The van der Waals surface area contributed by atoms with E-state index in [-0.39, 0.29) is 11.2 Å². The summed E-state index contributed by atoms with van der Waals surface area (Å²) in [6.07, 6.45) is 0. The average molecular weight is 337 g/mol. The average Bonchev–Trinajstić information content (AvgIpc) is 2.37. The molecule has 2 rings (SSSR count). The van der Waals surface area contributed by atoms with Crippen LogP contribution in [0.1, 0.15) is 31.9 Å². The van der Waals surface area contributed by atoms with Gasteiger partial charge < -0.3 is 4.74 Å². The lowest BCUT2D eigenvalue weighted by Crippen LogP contribution is -2.10. The van der Waals surface area contributed by atoms with E-state index in [4.69, 9.17) is 4.74 Å². The Balaban J connectivity index is 2.04. The molecule has 0 saturated heterocycles. The quantitative estimate of drug-likeness (QED) is 0.722. The van der Waals surface area contributed by atoms with Crippen molar-refractivity contribution in [3.05, 3.63) is 63.9 Å². The molecule has 0 spiro atoms. The first-order valence-electron chi connectivity index (χ1n) is 6.53. The molecular weight excluding hydrogens is 319 g/mol. The molecule has 2 aromatic carbocycles. The molecule has 0 amide bonds. The van der Waals surface area contributed by atoms with E-state index in [0.717, 1.165) is 5.56 Å². The van der Waals surface area contributed by atoms with Crippen LogP contribution in [0.4, 0.5) is 4.39 Å². The fourth-order valence-electron chi connectivity index (χ4n) is 1.85. The van der Waals surface area contributed by atoms with Crippen LogP contribution in [0.2, 0.25) is 0 Å². The van der Waals surface area contributed by atoms with Gasteiger partial charge in [-0.2, -0.15) is 0 Å². The van der Waals surface area contributed by atoms with Gasteiger partial charge in [0.05, 0.1) is 4.47 Å². The summed E-state index contributed by atoms with van der Waals surface area (Å²) in [5.41, 5.74) is 2.54. The van der Waals surface area contributed by atoms with E-state index >= 15 is 0 Å². The Hall–Kier alpha value is -1.35. The summed E-state index contributed by atoms with van der Waals surface area (Å²) in [6.45, 7) is 7.03. The number of hydrogen-bond acceptors (Lipinski definition) is 1. The third kappa shape index (κ3) is 3.83. The van der Waals surface area contributed by atoms with Crippen molar-refractivity contribution in [3.8, 4) is 5.75 Å². The fraction of sp³-hybridized carbons (Fsp3) is 0.294. The third-order valence-electron chi connectivity index (χ3n) is 3.11. The van der Waals surface area contributed by atoms with Gasteiger partial charge in [-0.1, -0.05) is 45.0 Å². The molecule has 0 saturated carbocycles. The van der Waals surface area contributed by atoms with Crippen LogP contribution in [0.15, 0.2) is 46.9 Å². The molecule has 106 valence electrons. The van der Waals surface area contributed by atoms with Gasteiger partial charge in [0.1, 0.15) is 18.2 Å². The minimum absolute atomic E-state index is 0.152. The maximum absolute atomic E-state index is 13.0. The van der Waals surface area contributed by atoms with Crippen molar-refractivity contribution in [1.82, 2.24) is 0 Å². The number of rotatable bonds is 3. The summed E-state index contributed by atoms with van der Waals surface area (Å²) in [7, 11) is 0. The normalized spacial score (nSPS) is 11.4. The van der Waals surface area contributed by atoms with E-state index in [1.807, 2.05) is 0 Å². The molecule has 0 aliphatic rings. The summed E-state index contributed by atoms with van der Waals surface area (Å²) in [5.74, 6) is 0.366. The molecular formula is C17H18BrFO. The molecule has 20 heavy (non-hydrogen) atoms. The largest absolute Gasteiger partial charge is 0.488 e. The zero-order valence-electron chi connectivity index (χ0n) is 11.9. The highest BCUT2D eigenvalue weighted by atomic mass is 79.9. The Bertz CT molecular complexity index is 585. The maximum Gasteiger partial charge on any atom is 0.134 e. The molecule has 0 bridgehead atoms. The molecule has 1 nitrogen and oxygen atoms in total. The molecule has 0 aromatic heterocycles. The molecule has 0 N–H and O–H groups in total. The second-order valence-electron chi connectivity index (χ2n) is 5.81. The van der Waals surface area contributed by atoms with Gasteiger partial charge in [0, 0.05) is 0 Å². The summed E-state index contributed by atoms with van der Waals surface area (Å²) < 4.78 is 19.3. The topological polar surface area (TPSA) is 9.23 Å². The summed E-state index contributed by atoms with van der Waals surface area (Å²) in [6, 6.07) is 12.8. The van der Waals surface area contributed by atoms with Crippen molar-refractivity contribution in [3.63, 3.8) is 0 Å². The van der Waals surface area contributed by atoms with Gasteiger partial charge in [-0.3, -0.25) is 0 Å². The first-order valence-corrected chi connectivity index (χ1v) is 7.33. The van der Waals surface area contributed by atoms with E-state index < -0.39 is 0 Å². The number of hydrogen-bond donors (Lipinski definition) is 0. The number of benzene rings is 2. The van der Waals surface area contributed by atoms with Crippen molar-refractivity contribution in [2.24, 2.45) is 0 Å². The van der Waals surface area contributed by atoms with E-state index in [1.165, 1.54) is 17.7 Å². The Kier molecular flexibility index (Phi) is 4.48. The van der Waals surface area contributed by atoms with Crippen LogP contribution in [0, 0.1) is 5.82 Å². The van der Waals surface area contributed by atoms with E-state index in [9.17, 15) is 4.39 Å². The van der Waals surface area contributed by atoms with Crippen LogP contribution in [-0.2, 0) is 12.0 Å². The maximum atomic E-state index is 13.0. The van der Waals surface area contributed by atoms with Crippen LogP contribution in [0.5, 0.6) is 5.75 Å². The second-order valence-corrected chi connectivity index (χ2v) is 6.66. The Morgan fingerprint density at radius 1 is 1.05 bits per heavy atom. The minimum Gasteiger partial charge on any atom is -0.488 e. The predicted octanol–water partition coefficient (Wildman–Crippen LogP) is 5.46. The highest BCUT2D eigenvalue weighted by molar-refractivity contribution is 9.10. The third-order valence-corrected chi connectivity index (χ3v) is 3.73. The molecule has 0 radical (unpaired) electrons. The lowest BCUT2D eigenvalue weighted by Gasteiger charge is -2.19. The molecule has 0 aliphatic carbocycles. The van der Waals surface area contributed by atoms with E-state index in [1.54, 1.807) is 6.07 Å². The van der Waals surface area contributed by atoms with Crippen LogP contribution >= 0.6 is 15.9 Å². The standard InChI is InChI=1S/C17H18BrFO/c1-17(2,3)13-6-4-12(5-7-13)11-20-16-9-8-14(19)10-15(16)18/h4-10H,11H2,1-3H3. The van der Waals surface area contributed by atoms with Crippen molar-refractivity contribution in [1.29, 1.82) is 0 Å². The highest BCUT2D eigenvalue weighted by Crippen LogP contribution is 2.27. The first kappa shape index (κ1) is 15.0. The molecule has 0 aliphatic heterocycles. The number of halogens is 2. The van der Waals surface area contributed by atoms with Crippen LogP contribution < -0.4 is 4.74 Å². The lowest BCUT2D eigenvalue weighted by atomic mass is 9.87. The zero-order chi connectivity index (χ0) is 14.8. The lowest BCUT2D eigenvalue weighted by molar-refractivity contribution is 0.303. The van der Waals surface area contributed by atoms with Crippen molar-refractivity contribution in [2.45, 2.75) is 32.8 Å². The van der Waals surface area contributed by atoms with Crippen LogP contribution in [-0.4, -0.2) is 0 Å².